The van der Waals surface area contributed by atoms with E-state index in [1.807, 2.05) is 20.8 Å². The van der Waals surface area contributed by atoms with Crippen molar-refractivity contribution in [2.24, 2.45) is 11.8 Å². The van der Waals surface area contributed by atoms with Crippen molar-refractivity contribution in [3.8, 4) is 0 Å². The molecule has 1 fully saturated rings. The Morgan fingerprint density at radius 2 is 1.62 bits per heavy atom. The summed E-state index contributed by atoms with van der Waals surface area (Å²) in [7, 11) is 0. The van der Waals surface area contributed by atoms with Crippen molar-refractivity contribution in [1.29, 1.82) is 0 Å². The zero-order valence-electron chi connectivity index (χ0n) is 18.5. The first-order chi connectivity index (χ1) is 13.8. The van der Waals surface area contributed by atoms with Crippen molar-refractivity contribution < 1.29 is 9.53 Å². The van der Waals surface area contributed by atoms with Crippen LogP contribution in [-0.2, 0) is 16.1 Å². The quantitative estimate of drug-likeness (QED) is 0.563. The maximum absolute atomic E-state index is 13.1. The summed E-state index contributed by atoms with van der Waals surface area (Å²) in [6, 6.07) is 21.6. The zero-order valence-corrected chi connectivity index (χ0v) is 18.5. The molecule has 0 saturated heterocycles. The normalized spacial score (nSPS) is 23.2. The average Bonchev–Trinajstić information content (AvgIpc) is 3.07. The van der Waals surface area contributed by atoms with Crippen molar-refractivity contribution >= 4 is 5.97 Å². The van der Waals surface area contributed by atoms with Crippen LogP contribution in [0, 0.1) is 11.8 Å². The maximum Gasteiger partial charge on any atom is 0.311 e. The van der Waals surface area contributed by atoms with Crippen LogP contribution in [0.25, 0.3) is 0 Å². The average molecular weight is 394 g/mol. The van der Waals surface area contributed by atoms with E-state index in [0.717, 1.165) is 19.4 Å². The molecular weight excluding hydrogens is 358 g/mol. The number of ether oxygens (including phenoxy) is 1. The van der Waals surface area contributed by atoms with E-state index in [1.165, 1.54) is 11.1 Å². The molecule has 2 aromatic carbocycles. The molecule has 3 nitrogen and oxygen atoms in total. The van der Waals surface area contributed by atoms with Gasteiger partial charge in [-0.2, -0.15) is 0 Å². The van der Waals surface area contributed by atoms with Crippen molar-refractivity contribution in [3.63, 3.8) is 0 Å². The first-order valence-electron chi connectivity index (χ1n) is 10.8. The van der Waals surface area contributed by atoms with Crippen LogP contribution >= 0.6 is 0 Å². The van der Waals surface area contributed by atoms with Crippen LogP contribution in [0.1, 0.15) is 64.6 Å². The van der Waals surface area contributed by atoms with Crippen LogP contribution in [0.5, 0.6) is 0 Å². The maximum atomic E-state index is 13.1. The second kappa shape index (κ2) is 9.13. The fraction of sp³-hybridized carbons (Fsp3) is 0.500. The van der Waals surface area contributed by atoms with Gasteiger partial charge in [0.15, 0.2) is 0 Å². The van der Waals surface area contributed by atoms with Gasteiger partial charge in [0.05, 0.1) is 5.92 Å². The number of hydrogen-bond donors (Lipinski definition) is 0. The van der Waals surface area contributed by atoms with E-state index < -0.39 is 5.60 Å². The predicted octanol–water partition coefficient (Wildman–Crippen LogP) is 6.01. The molecule has 0 unspecified atom stereocenters. The van der Waals surface area contributed by atoms with Gasteiger partial charge in [-0.3, -0.25) is 9.69 Å². The molecule has 4 atom stereocenters. The molecule has 0 radical (unpaired) electrons. The molecule has 0 amide bonds. The number of nitrogens with zero attached hydrogens (tertiary/aromatic N) is 1. The Morgan fingerprint density at radius 1 is 1.03 bits per heavy atom. The molecule has 0 N–H and O–H groups in total. The SMILES string of the molecule is C[C@@H]1CC[C@H](C(=O)OC(C)(C)C)[C@H]1N(Cc1ccccc1)[C@H](C)c1ccccc1. The minimum atomic E-state index is -0.456. The predicted molar refractivity (Wildman–Crippen MR) is 118 cm³/mol. The summed E-state index contributed by atoms with van der Waals surface area (Å²) in [4.78, 5) is 15.6. The van der Waals surface area contributed by atoms with Crippen LogP contribution in [0.3, 0.4) is 0 Å². The molecule has 3 rings (SSSR count). The molecular formula is C26H35NO2. The lowest BCUT2D eigenvalue weighted by atomic mass is 9.92. The smallest absolute Gasteiger partial charge is 0.311 e. The van der Waals surface area contributed by atoms with E-state index in [0.29, 0.717) is 5.92 Å². The monoisotopic (exact) mass is 393 g/mol. The van der Waals surface area contributed by atoms with Gasteiger partial charge in [-0.25, -0.2) is 0 Å². The number of esters is 1. The third kappa shape index (κ3) is 5.48. The lowest BCUT2D eigenvalue weighted by Gasteiger charge is -2.40. The number of carbonyl (C=O) groups is 1. The summed E-state index contributed by atoms with van der Waals surface area (Å²) in [6.07, 6.45) is 1.95. The Labute approximate surface area is 176 Å². The van der Waals surface area contributed by atoms with E-state index in [4.69, 9.17) is 4.74 Å². The molecule has 3 heteroatoms. The van der Waals surface area contributed by atoms with Crippen molar-refractivity contribution in [3.05, 3.63) is 71.8 Å². The first-order valence-corrected chi connectivity index (χ1v) is 10.8. The number of benzene rings is 2. The Morgan fingerprint density at radius 3 is 2.21 bits per heavy atom. The highest BCUT2D eigenvalue weighted by Crippen LogP contribution is 2.40. The molecule has 2 aromatic rings. The molecule has 0 heterocycles. The highest BCUT2D eigenvalue weighted by Gasteiger charge is 2.44. The number of carbonyl (C=O) groups excluding carboxylic acids is 1. The third-order valence-electron chi connectivity index (χ3n) is 6.01. The van der Waals surface area contributed by atoms with E-state index in [1.54, 1.807) is 0 Å². The molecule has 0 spiro atoms. The summed E-state index contributed by atoms with van der Waals surface area (Å²) in [5.41, 5.74) is 2.10. The van der Waals surface area contributed by atoms with Crippen molar-refractivity contribution in [1.82, 2.24) is 4.90 Å². The number of rotatable bonds is 6. The minimum Gasteiger partial charge on any atom is -0.460 e. The Balaban J connectivity index is 1.93. The molecule has 1 saturated carbocycles. The highest BCUT2D eigenvalue weighted by atomic mass is 16.6. The lowest BCUT2D eigenvalue weighted by molar-refractivity contribution is -0.162. The van der Waals surface area contributed by atoms with Gasteiger partial charge < -0.3 is 4.74 Å². The first kappa shape index (κ1) is 21.6. The molecule has 29 heavy (non-hydrogen) atoms. The second-order valence-electron chi connectivity index (χ2n) is 9.43. The second-order valence-corrected chi connectivity index (χ2v) is 9.43. The summed E-state index contributed by atoms with van der Waals surface area (Å²) >= 11 is 0. The molecule has 0 aliphatic heterocycles. The van der Waals surface area contributed by atoms with E-state index in [2.05, 4.69) is 79.4 Å². The summed E-state index contributed by atoms with van der Waals surface area (Å²) in [6.45, 7) is 11.2. The van der Waals surface area contributed by atoms with Gasteiger partial charge in [0.1, 0.15) is 5.60 Å². The third-order valence-corrected chi connectivity index (χ3v) is 6.01. The van der Waals surface area contributed by atoms with Crippen LogP contribution in [0.4, 0.5) is 0 Å². The van der Waals surface area contributed by atoms with Gasteiger partial charge in [0.25, 0.3) is 0 Å². The lowest BCUT2D eigenvalue weighted by Crippen LogP contribution is -2.46. The standard InChI is InChI=1S/C26H35NO2/c1-19-16-17-23(25(28)29-26(3,4)5)24(19)27(18-21-12-8-6-9-13-21)20(2)22-14-10-7-11-15-22/h6-15,19-20,23-24H,16-18H2,1-5H3/t19-,20-,23+,24+/m1/s1. The summed E-state index contributed by atoms with van der Waals surface area (Å²) in [5, 5.41) is 0. The zero-order chi connectivity index (χ0) is 21.0. The van der Waals surface area contributed by atoms with Crippen LogP contribution < -0.4 is 0 Å². The van der Waals surface area contributed by atoms with Gasteiger partial charge in [-0.1, -0.05) is 67.6 Å². The van der Waals surface area contributed by atoms with Gasteiger partial charge in [0, 0.05) is 18.6 Å². The van der Waals surface area contributed by atoms with Crippen molar-refractivity contribution in [2.45, 2.75) is 71.7 Å². The van der Waals surface area contributed by atoms with Gasteiger partial charge >= 0.3 is 5.97 Å². The highest BCUT2D eigenvalue weighted by molar-refractivity contribution is 5.74. The van der Waals surface area contributed by atoms with E-state index >= 15 is 0 Å². The van der Waals surface area contributed by atoms with Crippen molar-refractivity contribution in [2.75, 3.05) is 0 Å². The fourth-order valence-corrected chi connectivity index (χ4v) is 4.59. The molecule has 0 bridgehead atoms. The topological polar surface area (TPSA) is 29.5 Å². The molecule has 0 aromatic heterocycles. The van der Waals surface area contributed by atoms with Gasteiger partial charge in [0.2, 0.25) is 0 Å². The molecule has 1 aliphatic rings. The van der Waals surface area contributed by atoms with E-state index in [9.17, 15) is 4.79 Å². The van der Waals surface area contributed by atoms with E-state index in [-0.39, 0.29) is 24.0 Å². The summed E-state index contributed by atoms with van der Waals surface area (Å²) < 4.78 is 5.82. The van der Waals surface area contributed by atoms with Gasteiger partial charge in [-0.05, 0) is 57.6 Å². The largest absolute Gasteiger partial charge is 0.460 e. The van der Waals surface area contributed by atoms with Gasteiger partial charge in [-0.15, -0.1) is 0 Å². The Kier molecular flexibility index (Phi) is 6.79. The molecule has 156 valence electrons. The Bertz CT molecular complexity index is 781. The molecule has 1 aliphatic carbocycles. The van der Waals surface area contributed by atoms with Crippen LogP contribution in [0.2, 0.25) is 0 Å². The summed E-state index contributed by atoms with van der Waals surface area (Å²) in [5.74, 6) is 0.312. The fourth-order valence-electron chi connectivity index (χ4n) is 4.59. The minimum absolute atomic E-state index is 0.0508. The van der Waals surface area contributed by atoms with Crippen LogP contribution in [-0.4, -0.2) is 22.5 Å². The van der Waals surface area contributed by atoms with Crippen LogP contribution in [0.15, 0.2) is 60.7 Å². The Hall–Kier alpha value is -2.13. The number of hydrogen-bond acceptors (Lipinski definition) is 3.